The number of halogens is 3. The Labute approximate surface area is 203 Å². The summed E-state index contributed by atoms with van der Waals surface area (Å²) in [4.78, 5) is 17.4. The molecule has 1 aliphatic heterocycles. The molecule has 2 aromatic heterocycles. The molecule has 3 N–H and O–H groups in total. The molecule has 3 aromatic rings. The van der Waals surface area contributed by atoms with E-state index in [2.05, 4.69) is 25.9 Å². The van der Waals surface area contributed by atoms with E-state index >= 15 is 4.39 Å². The number of hydrogen-bond donors (Lipinski definition) is 2. The van der Waals surface area contributed by atoms with Crippen molar-refractivity contribution in [3.63, 3.8) is 0 Å². The molecule has 0 bridgehead atoms. The Kier molecular flexibility index (Phi) is 5.41. The molecule has 180 valence electrons. The number of rotatable bonds is 6. The minimum Gasteiger partial charge on any atom is -0.463 e. The number of aromatic nitrogens is 3. The number of thioether (sulfide) groups is 1. The molecule has 0 spiro atoms. The molecule has 0 saturated heterocycles. The van der Waals surface area contributed by atoms with Gasteiger partial charge in [0.15, 0.2) is 11.8 Å². The molecule has 7 nitrogen and oxygen atoms in total. The van der Waals surface area contributed by atoms with Gasteiger partial charge in [0.05, 0.1) is 35.5 Å². The normalized spacial score (nSPS) is 26.5. The number of nitrogens with two attached hydrogens (primary N) is 1. The number of terminal acetylenes is 1. The number of hydrogen-bond acceptors (Lipinski definition) is 8. The molecule has 2 aliphatic rings. The first-order valence-corrected chi connectivity index (χ1v) is 11.5. The predicted octanol–water partition coefficient (Wildman–Crippen LogP) is 3.04. The summed E-state index contributed by atoms with van der Waals surface area (Å²) in [6.07, 6.45) is 8.44. The largest absolute Gasteiger partial charge is 0.463 e. The van der Waals surface area contributed by atoms with Crippen LogP contribution in [-0.4, -0.2) is 49.1 Å². The Bertz CT molecular complexity index is 1410. The smallest absolute Gasteiger partial charge is 0.272 e. The van der Waals surface area contributed by atoms with Crippen molar-refractivity contribution in [3.8, 4) is 18.2 Å². The van der Waals surface area contributed by atoms with Crippen molar-refractivity contribution in [1.82, 2.24) is 15.0 Å². The van der Waals surface area contributed by atoms with Crippen LogP contribution in [0.3, 0.4) is 0 Å². The van der Waals surface area contributed by atoms with Crippen molar-refractivity contribution < 1.29 is 23.0 Å². The maximum Gasteiger partial charge on any atom is 0.272 e. The maximum absolute atomic E-state index is 15.0. The number of aliphatic hydroxyl groups is 1. The summed E-state index contributed by atoms with van der Waals surface area (Å²) < 4.78 is 48.3. The van der Waals surface area contributed by atoms with Crippen LogP contribution in [0.2, 0.25) is 0 Å². The highest BCUT2D eigenvalue weighted by Crippen LogP contribution is 2.74. The van der Waals surface area contributed by atoms with E-state index in [-0.39, 0.29) is 29.6 Å². The summed E-state index contributed by atoms with van der Waals surface area (Å²) in [6.45, 7) is 0.684. The van der Waals surface area contributed by atoms with E-state index in [0.29, 0.717) is 34.1 Å². The van der Waals surface area contributed by atoms with Crippen molar-refractivity contribution in [3.05, 3.63) is 59.3 Å². The van der Waals surface area contributed by atoms with Gasteiger partial charge in [-0.25, -0.2) is 23.1 Å². The summed E-state index contributed by atoms with van der Waals surface area (Å²) in [6, 6.07) is 5.94. The molecule has 35 heavy (non-hydrogen) atoms. The first-order chi connectivity index (χ1) is 16.7. The number of benzene rings is 1. The second-order valence-corrected chi connectivity index (χ2v) is 9.97. The Morgan fingerprint density at radius 1 is 1.29 bits per heavy atom. The zero-order valence-electron chi connectivity index (χ0n) is 18.5. The van der Waals surface area contributed by atoms with Gasteiger partial charge in [0.1, 0.15) is 16.1 Å². The van der Waals surface area contributed by atoms with Crippen LogP contribution in [0.25, 0.3) is 11.0 Å². The topological polar surface area (TPSA) is 107 Å². The second kappa shape index (κ2) is 8.10. The molecule has 0 amide bonds. The van der Waals surface area contributed by atoms with Crippen LogP contribution in [0, 0.1) is 24.1 Å². The quantitative estimate of drug-likeness (QED) is 0.502. The van der Waals surface area contributed by atoms with Crippen molar-refractivity contribution in [1.29, 1.82) is 0 Å². The fourth-order valence-corrected chi connectivity index (χ4v) is 6.24. The number of pyridine rings is 1. The van der Waals surface area contributed by atoms with Crippen molar-refractivity contribution >= 4 is 28.0 Å². The Balaban J connectivity index is 1.52. The van der Waals surface area contributed by atoms with Gasteiger partial charge in [-0.1, -0.05) is 29.8 Å². The monoisotopic (exact) mass is 499 g/mol. The van der Waals surface area contributed by atoms with Gasteiger partial charge in [-0.2, -0.15) is 0 Å². The third-order valence-electron chi connectivity index (χ3n) is 6.50. The number of nitrogens with zero attached hydrogens (tertiary/aromatic N) is 4. The van der Waals surface area contributed by atoms with E-state index in [1.165, 1.54) is 25.3 Å². The molecule has 1 aliphatic carbocycles. The van der Waals surface area contributed by atoms with Gasteiger partial charge in [-0.3, -0.25) is 9.98 Å². The molecule has 3 heterocycles. The van der Waals surface area contributed by atoms with Crippen LogP contribution in [0.15, 0.2) is 41.7 Å². The third-order valence-corrected chi connectivity index (χ3v) is 7.80. The highest BCUT2D eigenvalue weighted by molar-refractivity contribution is 8.15. The maximum atomic E-state index is 15.0. The fourth-order valence-electron chi connectivity index (χ4n) is 4.88. The molecule has 3 atom stereocenters. The Hall–Kier alpha value is -3.36. The van der Waals surface area contributed by atoms with Gasteiger partial charge in [0.25, 0.3) is 5.92 Å². The van der Waals surface area contributed by atoms with E-state index in [4.69, 9.17) is 16.9 Å². The summed E-state index contributed by atoms with van der Waals surface area (Å²) in [7, 11) is 0. The Morgan fingerprint density at radius 3 is 2.83 bits per heavy atom. The number of ether oxygens (including phenoxy) is 1. The zero-order valence-corrected chi connectivity index (χ0v) is 19.3. The molecule has 1 fully saturated rings. The third kappa shape index (κ3) is 3.51. The molecular formula is C24H20F3N5O2S. The van der Waals surface area contributed by atoms with E-state index < -0.39 is 34.6 Å². The van der Waals surface area contributed by atoms with Gasteiger partial charge in [-0.15, -0.1) is 6.42 Å². The number of fused-ring (bicyclic) bond motifs is 2. The SMILES string of the molecule is C#CCOc1cnc2c(Cc3ccc(F)c([C@@]4(C)N=C(N)S[C@]5(CO)[C@H]4C5(F)F)c3)nccc2n1. The first kappa shape index (κ1) is 23.4. The summed E-state index contributed by atoms with van der Waals surface area (Å²) >= 11 is 0.646. The molecule has 1 aromatic carbocycles. The van der Waals surface area contributed by atoms with Gasteiger partial charge in [-0.05, 0) is 24.6 Å². The van der Waals surface area contributed by atoms with Crippen LogP contribution >= 0.6 is 11.8 Å². The number of alkyl halides is 2. The minimum absolute atomic E-state index is 0.0189. The van der Waals surface area contributed by atoms with E-state index in [1.807, 2.05) is 0 Å². The van der Waals surface area contributed by atoms with Gasteiger partial charge in [0.2, 0.25) is 5.88 Å². The van der Waals surface area contributed by atoms with Crippen LogP contribution in [-0.2, 0) is 12.0 Å². The van der Waals surface area contributed by atoms with Gasteiger partial charge in [0, 0.05) is 18.2 Å². The molecule has 1 saturated carbocycles. The molecular weight excluding hydrogens is 479 g/mol. The van der Waals surface area contributed by atoms with Gasteiger partial charge < -0.3 is 15.6 Å². The average molecular weight is 500 g/mol. The lowest BCUT2D eigenvalue weighted by Crippen LogP contribution is -2.37. The fraction of sp³-hybridized carbons (Fsp3) is 0.333. The molecule has 0 radical (unpaired) electrons. The summed E-state index contributed by atoms with van der Waals surface area (Å²) in [5, 5.41) is 9.65. The van der Waals surface area contributed by atoms with Crippen LogP contribution in [0.4, 0.5) is 13.2 Å². The molecule has 0 unspecified atom stereocenters. The van der Waals surface area contributed by atoms with Crippen molar-refractivity contribution in [2.24, 2.45) is 16.6 Å². The lowest BCUT2D eigenvalue weighted by Gasteiger charge is -2.32. The highest BCUT2D eigenvalue weighted by atomic mass is 32.2. The van der Waals surface area contributed by atoms with Crippen LogP contribution < -0.4 is 10.5 Å². The predicted molar refractivity (Wildman–Crippen MR) is 126 cm³/mol. The van der Waals surface area contributed by atoms with Crippen LogP contribution in [0.1, 0.15) is 23.7 Å². The number of aliphatic imine (C=N–C) groups is 1. The van der Waals surface area contributed by atoms with Crippen molar-refractivity contribution in [2.45, 2.75) is 29.6 Å². The zero-order chi connectivity index (χ0) is 25.0. The Morgan fingerprint density at radius 2 is 2.09 bits per heavy atom. The second-order valence-electron chi connectivity index (χ2n) is 8.62. The van der Waals surface area contributed by atoms with E-state index in [9.17, 15) is 13.9 Å². The van der Waals surface area contributed by atoms with E-state index in [0.717, 1.165) is 0 Å². The lowest BCUT2D eigenvalue weighted by atomic mass is 9.84. The standard InChI is InChI=1S/C24H20F3N5O2S/c1-3-8-34-18-11-30-19-16(31-18)6-7-29-17(19)10-13-4-5-15(25)14(9-13)22(2)20-23(12-33,24(20,26)27)35-21(28)32-22/h1,4-7,9,11,20,33H,8,10,12H2,2H3,(H2,28,32)/t20-,22+,23+/m0/s1. The molecule has 5 rings (SSSR count). The number of amidine groups is 1. The first-order valence-electron chi connectivity index (χ1n) is 10.6. The van der Waals surface area contributed by atoms with Gasteiger partial charge >= 0.3 is 0 Å². The lowest BCUT2D eigenvalue weighted by molar-refractivity contribution is 0.0685. The number of aliphatic hydroxyl groups excluding tert-OH is 1. The van der Waals surface area contributed by atoms with Crippen LogP contribution in [0.5, 0.6) is 5.88 Å². The highest BCUT2D eigenvalue weighted by Gasteiger charge is 2.87. The summed E-state index contributed by atoms with van der Waals surface area (Å²) in [5.74, 6) is -2.73. The summed E-state index contributed by atoms with van der Waals surface area (Å²) in [5.41, 5.74) is 6.41. The van der Waals surface area contributed by atoms with Crippen molar-refractivity contribution in [2.75, 3.05) is 13.2 Å². The average Bonchev–Trinajstić information content (AvgIpc) is 3.34. The minimum atomic E-state index is -3.26. The van der Waals surface area contributed by atoms with E-state index in [1.54, 1.807) is 18.3 Å². The molecule has 11 heteroatoms.